The summed E-state index contributed by atoms with van der Waals surface area (Å²) in [4.78, 5) is 12.8. The third-order valence-electron chi connectivity index (χ3n) is 4.11. The highest BCUT2D eigenvalue weighted by Crippen LogP contribution is 2.24. The van der Waals surface area contributed by atoms with Gasteiger partial charge in [-0.2, -0.15) is 0 Å². The highest BCUT2D eigenvalue weighted by molar-refractivity contribution is 6.28. The quantitative estimate of drug-likeness (QED) is 0.549. The van der Waals surface area contributed by atoms with Gasteiger partial charge >= 0.3 is 0 Å². The lowest BCUT2D eigenvalue weighted by molar-refractivity contribution is 0.609. The summed E-state index contributed by atoms with van der Waals surface area (Å²) in [5, 5.41) is 4.62. The van der Waals surface area contributed by atoms with Crippen LogP contribution in [0.4, 0.5) is 5.82 Å². The molecule has 2 heterocycles. The standard InChI is InChI=1S/C19H16ClN5/c20-19-23-16-9-5-4-8-15(16)18(24-19)22-12-17(25-11-10-21-13-25)14-6-2-1-3-7-14/h1-11,13,17H,12H2,(H,22,23,24). The van der Waals surface area contributed by atoms with Gasteiger partial charge in [0.1, 0.15) is 5.82 Å². The van der Waals surface area contributed by atoms with Crippen LogP contribution in [0, 0.1) is 0 Å². The van der Waals surface area contributed by atoms with E-state index in [0.29, 0.717) is 6.54 Å². The monoisotopic (exact) mass is 349 g/mol. The molecule has 0 amide bonds. The van der Waals surface area contributed by atoms with Crippen LogP contribution in [-0.4, -0.2) is 26.1 Å². The summed E-state index contributed by atoms with van der Waals surface area (Å²) in [5.74, 6) is 0.733. The molecule has 2 aromatic heterocycles. The van der Waals surface area contributed by atoms with E-state index in [0.717, 1.165) is 16.7 Å². The molecule has 2 aromatic carbocycles. The summed E-state index contributed by atoms with van der Waals surface area (Å²) >= 11 is 6.08. The van der Waals surface area contributed by atoms with E-state index in [4.69, 9.17) is 11.6 Å². The molecule has 0 aliphatic rings. The minimum Gasteiger partial charge on any atom is -0.367 e. The Kier molecular flexibility index (Phi) is 4.31. The van der Waals surface area contributed by atoms with E-state index in [1.54, 1.807) is 6.20 Å². The second kappa shape index (κ2) is 6.91. The van der Waals surface area contributed by atoms with Crippen molar-refractivity contribution < 1.29 is 0 Å². The van der Waals surface area contributed by atoms with Crippen molar-refractivity contribution in [1.82, 2.24) is 19.5 Å². The summed E-state index contributed by atoms with van der Waals surface area (Å²) in [7, 11) is 0. The molecule has 124 valence electrons. The maximum atomic E-state index is 6.08. The SMILES string of the molecule is Clc1nc(NCC(c2ccccc2)n2ccnc2)c2ccccc2n1. The number of rotatable bonds is 5. The Bertz CT molecular complexity index is 970. The Balaban J connectivity index is 1.66. The smallest absolute Gasteiger partial charge is 0.224 e. The Morgan fingerprint density at radius 3 is 2.60 bits per heavy atom. The number of anilines is 1. The van der Waals surface area contributed by atoms with Crippen molar-refractivity contribution in [3.8, 4) is 0 Å². The molecule has 1 N–H and O–H groups in total. The van der Waals surface area contributed by atoms with Crippen LogP contribution in [0.25, 0.3) is 10.9 Å². The molecule has 0 saturated heterocycles. The highest BCUT2D eigenvalue weighted by Gasteiger charge is 2.14. The number of para-hydroxylation sites is 1. The van der Waals surface area contributed by atoms with Crippen LogP contribution in [0.3, 0.4) is 0 Å². The number of benzene rings is 2. The first-order valence-electron chi connectivity index (χ1n) is 8.00. The predicted molar refractivity (Wildman–Crippen MR) is 99.8 cm³/mol. The lowest BCUT2D eigenvalue weighted by Gasteiger charge is -2.20. The van der Waals surface area contributed by atoms with E-state index in [1.807, 2.05) is 55.0 Å². The molecular weight excluding hydrogens is 334 g/mol. The molecule has 1 atom stereocenters. The average molecular weight is 350 g/mol. The number of hydrogen-bond acceptors (Lipinski definition) is 4. The lowest BCUT2D eigenvalue weighted by Crippen LogP contribution is -2.20. The largest absolute Gasteiger partial charge is 0.367 e. The maximum Gasteiger partial charge on any atom is 0.224 e. The minimum absolute atomic E-state index is 0.0937. The van der Waals surface area contributed by atoms with Gasteiger partial charge in [0.15, 0.2) is 0 Å². The zero-order valence-electron chi connectivity index (χ0n) is 13.4. The molecule has 25 heavy (non-hydrogen) atoms. The Labute approximate surface area is 150 Å². The van der Waals surface area contributed by atoms with Crippen LogP contribution < -0.4 is 5.32 Å². The van der Waals surface area contributed by atoms with Crippen molar-refractivity contribution >= 4 is 28.3 Å². The van der Waals surface area contributed by atoms with Crippen molar-refractivity contribution in [3.05, 3.63) is 84.2 Å². The molecule has 1 unspecified atom stereocenters. The minimum atomic E-state index is 0.0937. The van der Waals surface area contributed by atoms with Crippen LogP contribution >= 0.6 is 11.6 Å². The zero-order chi connectivity index (χ0) is 17.1. The second-order valence-corrected chi connectivity index (χ2v) is 6.01. The van der Waals surface area contributed by atoms with Gasteiger partial charge in [-0.1, -0.05) is 42.5 Å². The Morgan fingerprint density at radius 2 is 1.80 bits per heavy atom. The predicted octanol–water partition coefficient (Wildman–Crippen LogP) is 4.18. The Morgan fingerprint density at radius 1 is 1.00 bits per heavy atom. The van der Waals surface area contributed by atoms with E-state index in [-0.39, 0.29) is 11.3 Å². The molecule has 0 aliphatic heterocycles. The number of aromatic nitrogens is 4. The molecule has 5 nitrogen and oxygen atoms in total. The van der Waals surface area contributed by atoms with Crippen molar-refractivity contribution in [2.75, 3.05) is 11.9 Å². The van der Waals surface area contributed by atoms with Crippen LogP contribution in [0.2, 0.25) is 5.28 Å². The van der Waals surface area contributed by atoms with Gasteiger partial charge in [0.25, 0.3) is 0 Å². The summed E-state index contributed by atoms with van der Waals surface area (Å²) in [6.45, 7) is 0.651. The fraction of sp³-hybridized carbons (Fsp3) is 0.105. The lowest BCUT2D eigenvalue weighted by atomic mass is 10.1. The average Bonchev–Trinajstić information content (AvgIpc) is 3.17. The van der Waals surface area contributed by atoms with Gasteiger partial charge < -0.3 is 9.88 Å². The fourth-order valence-electron chi connectivity index (χ4n) is 2.90. The normalized spacial score (nSPS) is 12.2. The Hall–Kier alpha value is -2.92. The first-order chi connectivity index (χ1) is 12.3. The first-order valence-corrected chi connectivity index (χ1v) is 8.37. The molecule has 0 fully saturated rings. The van der Waals surface area contributed by atoms with E-state index < -0.39 is 0 Å². The van der Waals surface area contributed by atoms with E-state index in [2.05, 4.69) is 37.0 Å². The van der Waals surface area contributed by atoms with Crippen LogP contribution in [-0.2, 0) is 0 Å². The molecule has 0 spiro atoms. The maximum absolute atomic E-state index is 6.08. The zero-order valence-corrected chi connectivity index (χ0v) is 14.1. The third kappa shape index (κ3) is 3.32. The molecule has 6 heteroatoms. The van der Waals surface area contributed by atoms with E-state index in [1.165, 1.54) is 5.56 Å². The van der Waals surface area contributed by atoms with Crippen LogP contribution in [0.5, 0.6) is 0 Å². The van der Waals surface area contributed by atoms with Crippen molar-refractivity contribution in [1.29, 1.82) is 0 Å². The van der Waals surface area contributed by atoms with Gasteiger partial charge in [-0.15, -0.1) is 0 Å². The fourth-order valence-corrected chi connectivity index (χ4v) is 3.08. The van der Waals surface area contributed by atoms with Crippen LogP contribution in [0.1, 0.15) is 11.6 Å². The van der Waals surface area contributed by atoms with Crippen LogP contribution in [0.15, 0.2) is 73.3 Å². The number of nitrogens with zero attached hydrogens (tertiary/aromatic N) is 4. The van der Waals surface area contributed by atoms with E-state index >= 15 is 0 Å². The van der Waals surface area contributed by atoms with E-state index in [9.17, 15) is 0 Å². The van der Waals surface area contributed by atoms with Gasteiger partial charge in [0, 0.05) is 24.3 Å². The third-order valence-corrected chi connectivity index (χ3v) is 4.28. The van der Waals surface area contributed by atoms with Crippen molar-refractivity contribution in [3.63, 3.8) is 0 Å². The molecular formula is C19H16ClN5. The molecule has 0 bridgehead atoms. The highest BCUT2D eigenvalue weighted by atomic mass is 35.5. The van der Waals surface area contributed by atoms with Gasteiger partial charge in [0.2, 0.25) is 5.28 Å². The number of nitrogens with one attached hydrogen (secondary N) is 1. The van der Waals surface area contributed by atoms with Gasteiger partial charge in [-0.3, -0.25) is 0 Å². The first kappa shape index (κ1) is 15.6. The molecule has 0 saturated carbocycles. The van der Waals surface area contributed by atoms with Gasteiger partial charge in [-0.25, -0.2) is 15.0 Å². The van der Waals surface area contributed by atoms with Crippen molar-refractivity contribution in [2.45, 2.75) is 6.04 Å². The van der Waals surface area contributed by atoms with Gasteiger partial charge in [0.05, 0.1) is 17.9 Å². The number of fused-ring (bicyclic) bond motifs is 1. The number of hydrogen-bond donors (Lipinski definition) is 1. The molecule has 4 rings (SSSR count). The van der Waals surface area contributed by atoms with Gasteiger partial charge in [-0.05, 0) is 29.3 Å². The number of halogens is 1. The van der Waals surface area contributed by atoms with Crippen molar-refractivity contribution in [2.24, 2.45) is 0 Å². The molecule has 0 aliphatic carbocycles. The topological polar surface area (TPSA) is 55.6 Å². The molecule has 0 radical (unpaired) electrons. The second-order valence-electron chi connectivity index (χ2n) is 5.68. The molecule has 4 aromatic rings. The summed E-state index contributed by atoms with van der Waals surface area (Å²) < 4.78 is 2.08. The summed E-state index contributed by atoms with van der Waals surface area (Å²) in [6, 6.07) is 18.2. The summed E-state index contributed by atoms with van der Waals surface area (Å²) in [5.41, 5.74) is 2.02. The number of imidazole rings is 1. The summed E-state index contributed by atoms with van der Waals surface area (Å²) in [6.07, 6.45) is 5.57.